The zero-order valence-electron chi connectivity index (χ0n) is 18.4. The normalized spacial score (nSPS) is 21.2. The van der Waals surface area contributed by atoms with E-state index >= 15 is 0 Å². The Bertz CT molecular complexity index is 777. The Morgan fingerprint density at radius 3 is 2.72 bits per heavy atom. The molecule has 2 aliphatic rings. The van der Waals surface area contributed by atoms with Crippen LogP contribution in [0.25, 0.3) is 0 Å². The Kier molecular flexibility index (Phi) is 6.46. The summed E-state index contributed by atoms with van der Waals surface area (Å²) < 4.78 is 2.07. The standard InChI is InChI=1S/C22H35N5O2/c1-22(2,3)19(20(28)23-4)27(16-10-8-6-7-9-11-16)21(29)18-17-14-25(5)12-13-26(17)15-24-18/h6,8,15-16,19H,7,9-14H2,1-5H3,(H,23,28)/t16?,19-/m1/s1. The first kappa shape index (κ1) is 21.6. The second kappa shape index (κ2) is 8.69. The lowest BCUT2D eigenvalue weighted by Crippen LogP contribution is -2.58. The zero-order valence-corrected chi connectivity index (χ0v) is 18.4. The lowest BCUT2D eigenvalue weighted by atomic mass is 9.83. The molecule has 0 radical (unpaired) electrons. The Morgan fingerprint density at radius 1 is 1.28 bits per heavy atom. The summed E-state index contributed by atoms with van der Waals surface area (Å²) in [5.41, 5.74) is 1.04. The average molecular weight is 402 g/mol. The molecule has 0 aromatic carbocycles. The van der Waals surface area contributed by atoms with Crippen LogP contribution in [-0.2, 0) is 17.9 Å². The minimum absolute atomic E-state index is 0.0126. The first-order valence-corrected chi connectivity index (χ1v) is 10.7. The molecule has 3 rings (SSSR count). The van der Waals surface area contributed by atoms with Gasteiger partial charge in [0.1, 0.15) is 6.04 Å². The van der Waals surface area contributed by atoms with Gasteiger partial charge in [-0.15, -0.1) is 0 Å². The summed E-state index contributed by atoms with van der Waals surface area (Å²) in [5.74, 6) is -0.248. The number of imidazole rings is 1. The Balaban J connectivity index is 2.05. The van der Waals surface area contributed by atoms with Gasteiger partial charge in [0.05, 0.1) is 12.0 Å². The molecule has 0 saturated carbocycles. The van der Waals surface area contributed by atoms with Crippen molar-refractivity contribution in [3.05, 3.63) is 29.9 Å². The van der Waals surface area contributed by atoms with Gasteiger partial charge in [0.2, 0.25) is 5.91 Å². The van der Waals surface area contributed by atoms with Crippen LogP contribution in [0.1, 0.15) is 62.6 Å². The van der Waals surface area contributed by atoms with E-state index in [2.05, 4.69) is 39.0 Å². The van der Waals surface area contributed by atoms with Crippen molar-refractivity contribution in [3.8, 4) is 0 Å². The van der Waals surface area contributed by atoms with Gasteiger partial charge < -0.3 is 14.8 Å². The third-order valence-electron chi connectivity index (χ3n) is 6.00. The van der Waals surface area contributed by atoms with Crippen LogP contribution in [0.4, 0.5) is 0 Å². The van der Waals surface area contributed by atoms with E-state index in [1.165, 1.54) is 0 Å². The topological polar surface area (TPSA) is 70.5 Å². The summed E-state index contributed by atoms with van der Waals surface area (Å²) >= 11 is 0. The molecule has 7 heteroatoms. The SMILES string of the molecule is CNC(=O)[C@@H](N(C(=O)c1ncn2c1CN(C)CC2)C1CC=CCCC1)C(C)(C)C. The number of hydrogen-bond donors (Lipinski definition) is 1. The highest BCUT2D eigenvalue weighted by Gasteiger charge is 2.43. The fraction of sp³-hybridized carbons (Fsp3) is 0.682. The molecule has 29 heavy (non-hydrogen) atoms. The maximum Gasteiger partial charge on any atom is 0.275 e. The Hall–Kier alpha value is -2.15. The first-order valence-electron chi connectivity index (χ1n) is 10.7. The van der Waals surface area contributed by atoms with Crippen molar-refractivity contribution in [2.45, 2.75) is 71.6 Å². The molecule has 0 fully saturated rings. The summed E-state index contributed by atoms with van der Waals surface area (Å²) in [7, 11) is 3.70. The van der Waals surface area contributed by atoms with Crippen LogP contribution in [0.2, 0.25) is 0 Å². The lowest BCUT2D eigenvalue weighted by Gasteiger charge is -2.43. The van der Waals surface area contributed by atoms with E-state index in [0.29, 0.717) is 12.2 Å². The summed E-state index contributed by atoms with van der Waals surface area (Å²) in [4.78, 5) is 35.5. The van der Waals surface area contributed by atoms with E-state index < -0.39 is 11.5 Å². The number of nitrogens with one attached hydrogen (secondary N) is 1. The molecular weight excluding hydrogens is 366 g/mol. The van der Waals surface area contributed by atoms with Crippen molar-refractivity contribution >= 4 is 11.8 Å². The fourth-order valence-electron chi connectivity index (χ4n) is 4.46. The number of rotatable bonds is 4. The van der Waals surface area contributed by atoms with E-state index in [0.717, 1.165) is 44.5 Å². The third kappa shape index (κ3) is 4.55. The Morgan fingerprint density at radius 2 is 2.03 bits per heavy atom. The van der Waals surface area contributed by atoms with E-state index in [9.17, 15) is 9.59 Å². The number of carbonyl (C=O) groups is 2. The van der Waals surface area contributed by atoms with E-state index in [4.69, 9.17) is 0 Å². The van der Waals surface area contributed by atoms with E-state index in [1.54, 1.807) is 13.4 Å². The van der Waals surface area contributed by atoms with Gasteiger partial charge in [-0.2, -0.15) is 0 Å². The van der Waals surface area contributed by atoms with Gasteiger partial charge in [0.15, 0.2) is 5.69 Å². The molecule has 160 valence electrons. The quantitative estimate of drug-likeness (QED) is 0.787. The summed E-state index contributed by atoms with van der Waals surface area (Å²) in [5, 5.41) is 2.79. The number of likely N-dealkylation sites (N-methyl/N-ethyl adjacent to an activating group) is 2. The number of aromatic nitrogens is 2. The molecule has 0 spiro atoms. The molecule has 2 atom stereocenters. The maximum absolute atomic E-state index is 13.9. The monoisotopic (exact) mass is 401 g/mol. The smallest absolute Gasteiger partial charge is 0.275 e. The van der Waals surface area contributed by atoms with Crippen LogP contribution in [0.5, 0.6) is 0 Å². The van der Waals surface area contributed by atoms with Crippen LogP contribution >= 0.6 is 0 Å². The van der Waals surface area contributed by atoms with Gasteiger partial charge >= 0.3 is 0 Å². The number of nitrogens with zero attached hydrogens (tertiary/aromatic N) is 4. The van der Waals surface area contributed by atoms with Crippen molar-refractivity contribution < 1.29 is 9.59 Å². The van der Waals surface area contributed by atoms with Crippen LogP contribution in [-0.4, -0.2) is 63.9 Å². The summed E-state index contributed by atoms with van der Waals surface area (Å²) in [6.07, 6.45) is 9.79. The van der Waals surface area contributed by atoms with Gasteiger partial charge in [-0.05, 0) is 38.1 Å². The highest BCUT2D eigenvalue weighted by molar-refractivity contribution is 5.97. The third-order valence-corrected chi connectivity index (χ3v) is 6.00. The largest absolute Gasteiger partial charge is 0.357 e. The molecule has 1 aliphatic heterocycles. The number of hydrogen-bond acceptors (Lipinski definition) is 4. The second-order valence-electron chi connectivity index (χ2n) is 9.36. The minimum Gasteiger partial charge on any atom is -0.357 e. The van der Waals surface area contributed by atoms with Gasteiger partial charge in [0.25, 0.3) is 5.91 Å². The van der Waals surface area contributed by atoms with Crippen molar-refractivity contribution in [1.29, 1.82) is 0 Å². The van der Waals surface area contributed by atoms with E-state index in [-0.39, 0.29) is 17.9 Å². The number of allylic oxidation sites excluding steroid dienone is 1. The predicted molar refractivity (Wildman–Crippen MR) is 113 cm³/mol. The van der Waals surface area contributed by atoms with Crippen molar-refractivity contribution in [3.63, 3.8) is 0 Å². The molecule has 7 nitrogen and oxygen atoms in total. The molecule has 1 unspecified atom stereocenters. The van der Waals surface area contributed by atoms with Crippen molar-refractivity contribution in [2.24, 2.45) is 5.41 Å². The number of fused-ring (bicyclic) bond motifs is 1. The summed E-state index contributed by atoms with van der Waals surface area (Å²) in [6.45, 7) is 8.54. The van der Waals surface area contributed by atoms with Crippen LogP contribution < -0.4 is 5.32 Å². The Labute approximate surface area is 174 Å². The average Bonchev–Trinajstić information content (AvgIpc) is 2.89. The number of amides is 2. The molecule has 1 aromatic rings. The predicted octanol–water partition coefficient (Wildman–Crippen LogP) is 2.43. The minimum atomic E-state index is -0.560. The molecule has 1 aromatic heterocycles. The summed E-state index contributed by atoms with van der Waals surface area (Å²) in [6, 6.07) is -0.573. The number of carbonyl (C=O) groups excluding carboxylic acids is 2. The van der Waals surface area contributed by atoms with Crippen molar-refractivity contribution in [2.75, 3.05) is 20.6 Å². The molecule has 1 aliphatic carbocycles. The fourth-order valence-corrected chi connectivity index (χ4v) is 4.46. The van der Waals surface area contributed by atoms with Crippen LogP contribution in [0, 0.1) is 5.41 Å². The molecule has 0 saturated heterocycles. The van der Waals surface area contributed by atoms with Gasteiger partial charge in [-0.1, -0.05) is 32.9 Å². The molecule has 2 heterocycles. The maximum atomic E-state index is 13.9. The van der Waals surface area contributed by atoms with Gasteiger partial charge in [-0.3, -0.25) is 14.5 Å². The first-order chi connectivity index (χ1) is 13.7. The molecular formula is C22H35N5O2. The zero-order chi connectivity index (χ0) is 21.2. The second-order valence-corrected chi connectivity index (χ2v) is 9.36. The van der Waals surface area contributed by atoms with Gasteiger partial charge in [-0.25, -0.2) is 4.98 Å². The van der Waals surface area contributed by atoms with Gasteiger partial charge in [0, 0.05) is 32.7 Å². The highest BCUT2D eigenvalue weighted by Crippen LogP contribution is 2.32. The molecule has 0 bridgehead atoms. The highest BCUT2D eigenvalue weighted by atomic mass is 16.2. The van der Waals surface area contributed by atoms with Crippen molar-refractivity contribution in [1.82, 2.24) is 24.7 Å². The van der Waals surface area contributed by atoms with Crippen LogP contribution in [0.15, 0.2) is 18.5 Å². The van der Waals surface area contributed by atoms with E-state index in [1.807, 2.05) is 25.7 Å². The lowest BCUT2D eigenvalue weighted by molar-refractivity contribution is -0.129. The molecule has 2 amide bonds. The molecule has 1 N–H and O–H groups in total. The van der Waals surface area contributed by atoms with Crippen LogP contribution in [0.3, 0.4) is 0 Å².